The Hall–Kier alpha value is -0.0000000000000000555. The highest BCUT2D eigenvalue weighted by Crippen LogP contribution is 2.27. The van der Waals surface area contributed by atoms with Gasteiger partial charge in [0.15, 0.2) is 0 Å². The molecule has 52 valence electrons. The first-order valence-corrected chi connectivity index (χ1v) is 4.99. The Labute approximate surface area is 58.4 Å². The van der Waals surface area contributed by atoms with Gasteiger partial charge in [0.05, 0.1) is 0 Å². The minimum atomic E-state index is -3.38. The number of sulfonamides is 1. The summed E-state index contributed by atoms with van der Waals surface area (Å²) in [5.74, 6) is 0.839. The normalized spacial score (nSPS) is 19.9. The average Bonchev–Trinajstić information content (AvgIpc) is 2.08. The summed E-state index contributed by atoms with van der Waals surface area (Å²) in [4.78, 5) is 0. The van der Waals surface area contributed by atoms with Gasteiger partial charge in [-0.3, -0.25) is 0 Å². The van der Waals surface area contributed by atoms with Gasteiger partial charge in [-0.25, -0.2) is 13.6 Å². The van der Waals surface area contributed by atoms with Gasteiger partial charge in [0, 0.05) is 5.75 Å². The Balaban J connectivity index is 2.87. The molecule has 0 saturated heterocycles. The van der Waals surface area contributed by atoms with Crippen molar-refractivity contribution in [2.24, 2.45) is 5.14 Å². The molecule has 0 bridgehead atoms. The van der Waals surface area contributed by atoms with Gasteiger partial charge in [-0.2, -0.15) is 0 Å². The van der Waals surface area contributed by atoms with Crippen molar-refractivity contribution in [3.63, 3.8) is 0 Å². The maximum atomic E-state index is 10.5. The third-order valence-electron chi connectivity index (χ3n) is 0.954. The first kappa shape index (κ1) is 7.11. The topological polar surface area (TPSA) is 60.2 Å². The molecule has 0 unspecified atom stereocenters. The molecule has 0 aliphatic carbocycles. The molecule has 5 heteroatoms. The van der Waals surface area contributed by atoms with Crippen LogP contribution in [0.5, 0.6) is 0 Å². The fraction of sp³-hybridized carbons (Fsp3) is 0.500. The fourth-order valence-electron chi connectivity index (χ4n) is 0.594. The van der Waals surface area contributed by atoms with Gasteiger partial charge >= 0.3 is 0 Å². The second-order valence-electron chi connectivity index (χ2n) is 1.71. The van der Waals surface area contributed by atoms with Crippen molar-refractivity contribution in [3.05, 3.63) is 10.3 Å². The summed E-state index contributed by atoms with van der Waals surface area (Å²) >= 11 is 1.30. The lowest BCUT2D eigenvalue weighted by molar-refractivity contribution is 0.605. The molecule has 0 aromatic carbocycles. The van der Waals surface area contributed by atoms with Gasteiger partial charge in [-0.15, -0.1) is 11.8 Å². The average molecular weight is 165 g/mol. The molecule has 0 aromatic rings. The number of primary sulfonamides is 1. The lowest BCUT2D eigenvalue weighted by atomic mass is 10.5. The van der Waals surface area contributed by atoms with E-state index in [0.717, 1.165) is 12.2 Å². The third kappa shape index (κ3) is 1.70. The van der Waals surface area contributed by atoms with Gasteiger partial charge in [0.1, 0.15) is 4.24 Å². The number of nitrogens with two attached hydrogens (primary N) is 1. The molecule has 0 radical (unpaired) electrons. The minimum Gasteiger partial charge on any atom is -0.224 e. The van der Waals surface area contributed by atoms with Crippen LogP contribution in [0.25, 0.3) is 0 Å². The van der Waals surface area contributed by atoms with Crippen LogP contribution in [0, 0.1) is 0 Å². The Morgan fingerprint density at radius 2 is 2.33 bits per heavy atom. The highest BCUT2D eigenvalue weighted by atomic mass is 32.3. The van der Waals surface area contributed by atoms with Crippen molar-refractivity contribution >= 4 is 21.8 Å². The zero-order chi connectivity index (χ0) is 6.91. The van der Waals surface area contributed by atoms with Crippen LogP contribution in [-0.2, 0) is 10.0 Å². The molecule has 0 saturated carbocycles. The number of allylic oxidation sites excluding steroid dienone is 1. The summed E-state index contributed by atoms with van der Waals surface area (Å²) in [5.41, 5.74) is 0. The quantitative estimate of drug-likeness (QED) is 0.606. The van der Waals surface area contributed by atoms with Crippen molar-refractivity contribution in [1.82, 2.24) is 0 Å². The molecule has 0 amide bonds. The highest BCUT2D eigenvalue weighted by Gasteiger charge is 2.15. The highest BCUT2D eigenvalue weighted by molar-refractivity contribution is 8.18. The summed E-state index contributed by atoms with van der Waals surface area (Å²) in [6.45, 7) is 0. The molecular weight excluding hydrogens is 158 g/mol. The first-order chi connectivity index (χ1) is 4.11. The van der Waals surface area contributed by atoms with Gasteiger partial charge in [0.2, 0.25) is 10.0 Å². The third-order valence-corrected chi connectivity index (χ3v) is 3.62. The van der Waals surface area contributed by atoms with Crippen molar-refractivity contribution in [2.75, 3.05) is 5.75 Å². The summed E-state index contributed by atoms with van der Waals surface area (Å²) in [6.07, 6.45) is 2.47. The van der Waals surface area contributed by atoms with Crippen molar-refractivity contribution in [1.29, 1.82) is 0 Å². The fourth-order valence-corrected chi connectivity index (χ4v) is 2.52. The van der Waals surface area contributed by atoms with Gasteiger partial charge < -0.3 is 0 Å². The van der Waals surface area contributed by atoms with E-state index in [1.54, 1.807) is 6.08 Å². The number of hydrogen-bond acceptors (Lipinski definition) is 3. The summed E-state index contributed by atoms with van der Waals surface area (Å²) in [7, 11) is -3.38. The van der Waals surface area contributed by atoms with Crippen molar-refractivity contribution in [2.45, 2.75) is 6.42 Å². The van der Waals surface area contributed by atoms with Crippen LogP contribution in [0.15, 0.2) is 10.3 Å². The Morgan fingerprint density at radius 1 is 1.67 bits per heavy atom. The molecule has 9 heavy (non-hydrogen) atoms. The molecule has 1 rings (SSSR count). The predicted molar refractivity (Wildman–Crippen MR) is 38.3 cm³/mol. The summed E-state index contributed by atoms with van der Waals surface area (Å²) in [6, 6.07) is 0. The zero-order valence-electron chi connectivity index (χ0n) is 4.70. The van der Waals surface area contributed by atoms with Crippen LogP contribution >= 0.6 is 11.8 Å². The largest absolute Gasteiger partial charge is 0.243 e. The van der Waals surface area contributed by atoms with Crippen LogP contribution in [0.2, 0.25) is 0 Å². The molecule has 2 N–H and O–H groups in total. The Bertz CT molecular complexity index is 229. The lowest BCUT2D eigenvalue weighted by Crippen LogP contribution is -2.11. The van der Waals surface area contributed by atoms with Crippen LogP contribution in [0.1, 0.15) is 6.42 Å². The van der Waals surface area contributed by atoms with E-state index < -0.39 is 10.0 Å². The van der Waals surface area contributed by atoms with Crippen LogP contribution in [0.4, 0.5) is 0 Å². The SMILES string of the molecule is NS(=O)(=O)C1=CCCS1. The van der Waals surface area contributed by atoms with E-state index in [1.807, 2.05) is 0 Å². The van der Waals surface area contributed by atoms with Crippen LogP contribution in [0.3, 0.4) is 0 Å². The first-order valence-electron chi connectivity index (χ1n) is 2.46. The lowest BCUT2D eigenvalue weighted by Gasteiger charge is -1.93. The smallest absolute Gasteiger partial charge is 0.224 e. The number of hydrogen-bond donors (Lipinski definition) is 1. The molecular formula is C4H7NO2S2. The van der Waals surface area contributed by atoms with Gasteiger partial charge in [-0.1, -0.05) is 6.08 Å². The van der Waals surface area contributed by atoms with E-state index in [9.17, 15) is 8.42 Å². The molecule has 3 nitrogen and oxygen atoms in total. The Morgan fingerprint density at radius 3 is 2.56 bits per heavy atom. The summed E-state index contributed by atoms with van der Waals surface area (Å²) in [5, 5.41) is 4.82. The van der Waals surface area contributed by atoms with Gasteiger partial charge in [0.25, 0.3) is 0 Å². The molecule has 0 spiro atoms. The number of rotatable bonds is 1. The maximum Gasteiger partial charge on any atom is 0.243 e. The van der Waals surface area contributed by atoms with E-state index in [0.29, 0.717) is 4.24 Å². The Kier molecular flexibility index (Phi) is 1.83. The number of thioether (sulfide) groups is 1. The van der Waals surface area contributed by atoms with Crippen molar-refractivity contribution in [3.8, 4) is 0 Å². The second-order valence-corrected chi connectivity index (χ2v) is 4.63. The molecule has 0 aromatic heterocycles. The molecule has 0 atom stereocenters. The van der Waals surface area contributed by atoms with Crippen LogP contribution in [-0.4, -0.2) is 14.2 Å². The van der Waals surface area contributed by atoms with E-state index >= 15 is 0 Å². The molecule has 0 fully saturated rings. The summed E-state index contributed by atoms with van der Waals surface area (Å²) < 4.78 is 21.4. The molecule has 1 aliphatic rings. The minimum absolute atomic E-state index is 0.322. The van der Waals surface area contributed by atoms with E-state index in [1.165, 1.54) is 11.8 Å². The van der Waals surface area contributed by atoms with E-state index in [2.05, 4.69) is 0 Å². The molecule has 1 aliphatic heterocycles. The van der Waals surface area contributed by atoms with Crippen molar-refractivity contribution < 1.29 is 8.42 Å². The van der Waals surface area contributed by atoms with Crippen LogP contribution < -0.4 is 5.14 Å². The molecule has 1 heterocycles. The maximum absolute atomic E-state index is 10.5. The van der Waals surface area contributed by atoms with Gasteiger partial charge in [-0.05, 0) is 6.42 Å². The zero-order valence-corrected chi connectivity index (χ0v) is 6.33. The van der Waals surface area contributed by atoms with E-state index in [4.69, 9.17) is 5.14 Å². The second kappa shape index (κ2) is 2.32. The standard InChI is InChI=1S/C4H7NO2S2/c5-9(6,7)4-2-1-3-8-4/h2H,1,3H2,(H2,5,6,7). The predicted octanol–water partition coefficient (Wildman–Crippen LogP) is 0.253. The monoisotopic (exact) mass is 165 g/mol. The van der Waals surface area contributed by atoms with E-state index in [-0.39, 0.29) is 0 Å².